The molecule has 0 spiro atoms. The number of carbonyl (C=O) groups excluding carboxylic acids is 1. The molecule has 4 nitrogen and oxygen atoms in total. The molecule has 0 aromatic heterocycles. The van der Waals surface area contributed by atoms with Gasteiger partial charge in [0.1, 0.15) is 6.61 Å². The Morgan fingerprint density at radius 3 is 2.62 bits per heavy atom. The van der Waals surface area contributed by atoms with Gasteiger partial charge in [0.2, 0.25) is 5.91 Å². The van der Waals surface area contributed by atoms with Gasteiger partial charge >= 0.3 is 0 Å². The molecular weight excluding hydrogens is 204 g/mol. The van der Waals surface area contributed by atoms with E-state index in [2.05, 4.69) is 31.4 Å². The molecule has 16 heavy (non-hydrogen) atoms. The van der Waals surface area contributed by atoms with Crippen molar-refractivity contribution in [2.24, 2.45) is 0 Å². The second-order valence-electron chi connectivity index (χ2n) is 4.22. The third kappa shape index (κ3) is 11.5. The van der Waals surface area contributed by atoms with E-state index in [1.165, 1.54) is 0 Å². The van der Waals surface area contributed by atoms with Crippen LogP contribution in [0.15, 0.2) is 0 Å². The van der Waals surface area contributed by atoms with Crippen LogP contribution in [-0.2, 0) is 9.53 Å². The smallest absolute Gasteiger partial charge is 0.245 e. The van der Waals surface area contributed by atoms with Gasteiger partial charge in [0.25, 0.3) is 0 Å². The molecule has 0 radical (unpaired) electrons. The molecule has 0 fully saturated rings. The van der Waals surface area contributed by atoms with Gasteiger partial charge < -0.3 is 15.4 Å². The summed E-state index contributed by atoms with van der Waals surface area (Å²) in [6.07, 6.45) is 3.08. The van der Waals surface area contributed by atoms with Crippen LogP contribution in [0.5, 0.6) is 0 Å². The Morgan fingerprint density at radius 1 is 1.25 bits per heavy atom. The van der Waals surface area contributed by atoms with Crippen molar-refractivity contribution in [1.82, 2.24) is 10.6 Å². The molecule has 4 heteroatoms. The van der Waals surface area contributed by atoms with Gasteiger partial charge in [0.15, 0.2) is 0 Å². The second-order valence-corrected chi connectivity index (χ2v) is 4.22. The lowest BCUT2D eigenvalue weighted by molar-refractivity contribution is -0.125. The monoisotopic (exact) mass is 230 g/mol. The fraction of sp³-hybridized carbons (Fsp3) is 0.917. The van der Waals surface area contributed by atoms with Gasteiger partial charge in [-0.25, -0.2) is 0 Å². The zero-order chi connectivity index (χ0) is 12.2. The van der Waals surface area contributed by atoms with Crippen molar-refractivity contribution in [1.29, 1.82) is 0 Å². The highest BCUT2D eigenvalue weighted by Crippen LogP contribution is 1.85. The number of carbonyl (C=O) groups is 1. The maximum atomic E-state index is 11.2. The van der Waals surface area contributed by atoms with E-state index < -0.39 is 0 Å². The first kappa shape index (κ1) is 15.4. The van der Waals surface area contributed by atoms with Gasteiger partial charge in [-0.15, -0.1) is 0 Å². The fourth-order valence-corrected chi connectivity index (χ4v) is 1.19. The Hall–Kier alpha value is -0.610. The lowest BCUT2D eigenvalue weighted by atomic mass is 10.3. The van der Waals surface area contributed by atoms with Crippen LogP contribution in [0.3, 0.4) is 0 Å². The van der Waals surface area contributed by atoms with Crippen molar-refractivity contribution < 1.29 is 9.53 Å². The Bertz CT molecular complexity index is 172. The molecule has 0 heterocycles. The van der Waals surface area contributed by atoms with Crippen molar-refractivity contribution >= 4 is 5.91 Å². The molecule has 0 aliphatic carbocycles. The standard InChI is InChI=1S/C12H26N2O2/c1-4-5-7-14-12(15)10-16-9-6-8-13-11(2)3/h11,13H,4-10H2,1-3H3,(H,14,15). The van der Waals surface area contributed by atoms with Gasteiger partial charge in [-0.1, -0.05) is 27.2 Å². The van der Waals surface area contributed by atoms with E-state index in [1.54, 1.807) is 0 Å². The molecule has 0 aliphatic heterocycles. The van der Waals surface area contributed by atoms with Crippen LogP contribution in [0.1, 0.15) is 40.0 Å². The van der Waals surface area contributed by atoms with Crippen LogP contribution < -0.4 is 10.6 Å². The topological polar surface area (TPSA) is 50.4 Å². The summed E-state index contributed by atoms with van der Waals surface area (Å²) in [4.78, 5) is 11.2. The van der Waals surface area contributed by atoms with E-state index in [4.69, 9.17) is 4.74 Å². The summed E-state index contributed by atoms with van der Waals surface area (Å²) in [6.45, 7) is 8.85. The minimum atomic E-state index is -0.00901. The maximum Gasteiger partial charge on any atom is 0.245 e. The first-order valence-corrected chi connectivity index (χ1v) is 6.24. The first-order chi connectivity index (χ1) is 7.66. The Kier molecular flexibility index (Phi) is 10.5. The number of unbranched alkanes of at least 4 members (excludes halogenated alkanes) is 1. The minimum absolute atomic E-state index is 0.00901. The van der Waals surface area contributed by atoms with Gasteiger partial charge in [-0.2, -0.15) is 0 Å². The molecule has 0 aliphatic rings. The lowest BCUT2D eigenvalue weighted by Gasteiger charge is -2.08. The normalized spacial score (nSPS) is 10.8. The van der Waals surface area contributed by atoms with E-state index in [-0.39, 0.29) is 12.5 Å². The van der Waals surface area contributed by atoms with Crippen LogP contribution in [0, 0.1) is 0 Å². The van der Waals surface area contributed by atoms with Crippen molar-refractivity contribution in [3.63, 3.8) is 0 Å². The summed E-state index contributed by atoms with van der Waals surface area (Å²) in [5, 5.41) is 6.11. The van der Waals surface area contributed by atoms with E-state index in [9.17, 15) is 4.79 Å². The van der Waals surface area contributed by atoms with Crippen LogP contribution in [-0.4, -0.2) is 38.3 Å². The van der Waals surface area contributed by atoms with Gasteiger partial charge in [0, 0.05) is 19.2 Å². The zero-order valence-electron chi connectivity index (χ0n) is 10.8. The lowest BCUT2D eigenvalue weighted by Crippen LogP contribution is -2.29. The largest absolute Gasteiger partial charge is 0.372 e. The van der Waals surface area contributed by atoms with Crippen molar-refractivity contribution in [3.8, 4) is 0 Å². The summed E-state index contributed by atoms with van der Waals surface area (Å²) in [5.41, 5.74) is 0. The number of ether oxygens (including phenoxy) is 1. The van der Waals surface area contributed by atoms with E-state index in [0.29, 0.717) is 12.6 Å². The molecule has 0 aromatic rings. The average molecular weight is 230 g/mol. The molecular formula is C12H26N2O2. The third-order valence-electron chi connectivity index (χ3n) is 2.10. The summed E-state index contributed by atoms with van der Waals surface area (Å²) >= 11 is 0. The highest BCUT2D eigenvalue weighted by atomic mass is 16.5. The average Bonchev–Trinajstić information content (AvgIpc) is 2.23. The number of hydrogen-bond donors (Lipinski definition) is 2. The molecule has 2 N–H and O–H groups in total. The Morgan fingerprint density at radius 2 is 2.00 bits per heavy atom. The fourth-order valence-electron chi connectivity index (χ4n) is 1.19. The summed E-state index contributed by atoms with van der Waals surface area (Å²) < 4.78 is 5.26. The highest BCUT2D eigenvalue weighted by molar-refractivity contribution is 5.77. The number of hydrogen-bond acceptors (Lipinski definition) is 3. The number of rotatable bonds is 10. The molecule has 0 aromatic carbocycles. The van der Waals surface area contributed by atoms with Gasteiger partial charge in [0.05, 0.1) is 0 Å². The summed E-state index contributed by atoms with van der Waals surface area (Å²) in [7, 11) is 0. The molecule has 96 valence electrons. The second kappa shape index (κ2) is 10.9. The molecule has 0 atom stereocenters. The molecule has 0 unspecified atom stereocenters. The molecule has 0 bridgehead atoms. The third-order valence-corrected chi connectivity index (χ3v) is 2.10. The first-order valence-electron chi connectivity index (χ1n) is 6.24. The molecule has 0 saturated carbocycles. The quantitative estimate of drug-likeness (QED) is 0.556. The minimum Gasteiger partial charge on any atom is -0.372 e. The van der Waals surface area contributed by atoms with E-state index in [0.717, 1.165) is 32.4 Å². The van der Waals surface area contributed by atoms with Crippen LogP contribution in [0.2, 0.25) is 0 Å². The van der Waals surface area contributed by atoms with Crippen molar-refractivity contribution in [2.45, 2.75) is 46.1 Å². The molecule has 0 saturated heterocycles. The van der Waals surface area contributed by atoms with E-state index >= 15 is 0 Å². The molecule has 1 amide bonds. The number of nitrogens with one attached hydrogen (secondary N) is 2. The van der Waals surface area contributed by atoms with Crippen LogP contribution in [0.4, 0.5) is 0 Å². The SMILES string of the molecule is CCCCNC(=O)COCCCNC(C)C. The van der Waals surface area contributed by atoms with E-state index in [1.807, 2.05) is 0 Å². The predicted molar refractivity (Wildman–Crippen MR) is 66.5 cm³/mol. The predicted octanol–water partition coefficient (Wildman–Crippen LogP) is 1.31. The Labute approximate surface area is 99.1 Å². The van der Waals surface area contributed by atoms with Gasteiger partial charge in [-0.05, 0) is 19.4 Å². The number of amides is 1. The summed E-state index contributed by atoms with van der Waals surface area (Å²) in [6, 6.07) is 0.511. The molecule has 0 rings (SSSR count). The van der Waals surface area contributed by atoms with Crippen molar-refractivity contribution in [2.75, 3.05) is 26.3 Å². The van der Waals surface area contributed by atoms with Crippen LogP contribution in [0.25, 0.3) is 0 Å². The maximum absolute atomic E-state index is 11.2. The van der Waals surface area contributed by atoms with Gasteiger partial charge in [-0.3, -0.25) is 4.79 Å². The Balaban J connectivity index is 3.15. The van der Waals surface area contributed by atoms with Crippen LogP contribution >= 0.6 is 0 Å². The highest BCUT2D eigenvalue weighted by Gasteiger charge is 1.99. The van der Waals surface area contributed by atoms with Crippen molar-refractivity contribution in [3.05, 3.63) is 0 Å². The zero-order valence-corrected chi connectivity index (χ0v) is 10.8. The summed E-state index contributed by atoms with van der Waals surface area (Å²) in [5.74, 6) is -0.00901.